The SMILES string of the molecule is CCOC(=O)C1CCN(C(=O)CN(C)C(=O)C2CCN(c3ccc(Cl)cn3)CC2)CC1. The van der Waals surface area contributed by atoms with Crippen LogP contribution in [-0.2, 0) is 19.1 Å². The molecule has 2 aliphatic heterocycles. The van der Waals surface area contributed by atoms with Gasteiger partial charge in [-0.15, -0.1) is 0 Å². The molecule has 2 amide bonds. The number of aromatic nitrogens is 1. The molecule has 9 heteroatoms. The van der Waals surface area contributed by atoms with Gasteiger partial charge in [-0.3, -0.25) is 14.4 Å². The summed E-state index contributed by atoms with van der Waals surface area (Å²) in [6, 6.07) is 3.70. The van der Waals surface area contributed by atoms with Crippen LogP contribution in [0.4, 0.5) is 5.82 Å². The van der Waals surface area contributed by atoms with Crippen molar-refractivity contribution < 1.29 is 19.1 Å². The molecule has 0 saturated carbocycles. The topological polar surface area (TPSA) is 83.0 Å². The standard InChI is InChI=1S/C22H31ClN4O4/c1-3-31-22(30)17-8-12-27(13-9-17)20(28)15-25(2)21(29)16-6-10-26(11-7-16)19-5-4-18(23)14-24-19/h4-5,14,16-17H,3,6-13,15H2,1-2H3. The number of likely N-dealkylation sites (N-methyl/N-ethyl adjacent to an activating group) is 1. The molecular formula is C22H31ClN4O4. The normalized spacial score (nSPS) is 18.0. The van der Waals surface area contributed by atoms with Gasteiger partial charge in [0.1, 0.15) is 5.82 Å². The molecule has 31 heavy (non-hydrogen) atoms. The Labute approximate surface area is 188 Å². The first-order valence-electron chi connectivity index (χ1n) is 10.9. The van der Waals surface area contributed by atoms with Crippen molar-refractivity contribution in [3.8, 4) is 0 Å². The van der Waals surface area contributed by atoms with E-state index in [1.807, 2.05) is 12.1 Å². The van der Waals surface area contributed by atoms with Gasteiger partial charge in [-0.25, -0.2) is 4.98 Å². The number of halogens is 1. The highest BCUT2D eigenvalue weighted by Gasteiger charge is 2.31. The molecule has 0 aromatic carbocycles. The summed E-state index contributed by atoms with van der Waals surface area (Å²) in [5.41, 5.74) is 0. The van der Waals surface area contributed by atoms with Crippen LogP contribution in [0.2, 0.25) is 5.02 Å². The van der Waals surface area contributed by atoms with Crippen molar-refractivity contribution in [2.24, 2.45) is 11.8 Å². The van der Waals surface area contributed by atoms with Crippen molar-refractivity contribution in [1.82, 2.24) is 14.8 Å². The Morgan fingerprint density at radius 3 is 2.32 bits per heavy atom. The number of hydrogen-bond donors (Lipinski definition) is 0. The Bertz CT molecular complexity index is 772. The van der Waals surface area contributed by atoms with E-state index in [9.17, 15) is 14.4 Å². The molecule has 2 saturated heterocycles. The average Bonchev–Trinajstić information content (AvgIpc) is 2.79. The van der Waals surface area contributed by atoms with Gasteiger partial charge in [0.15, 0.2) is 0 Å². The fourth-order valence-corrected chi connectivity index (χ4v) is 4.34. The zero-order chi connectivity index (χ0) is 22.4. The number of anilines is 1. The molecular weight excluding hydrogens is 420 g/mol. The Morgan fingerprint density at radius 1 is 1.10 bits per heavy atom. The zero-order valence-corrected chi connectivity index (χ0v) is 19.0. The van der Waals surface area contributed by atoms with E-state index in [4.69, 9.17) is 16.3 Å². The predicted octanol–water partition coefficient (Wildman–Crippen LogP) is 2.21. The summed E-state index contributed by atoms with van der Waals surface area (Å²) in [4.78, 5) is 47.1. The van der Waals surface area contributed by atoms with Crippen LogP contribution in [-0.4, -0.2) is 78.9 Å². The summed E-state index contributed by atoms with van der Waals surface area (Å²) < 4.78 is 5.07. The van der Waals surface area contributed by atoms with E-state index < -0.39 is 0 Å². The lowest BCUT2D eigenvalue weighted by molar-refractivity contribution is -0.151. The molecule has 0 atom stereocenters. The van der Waals surface area contributed by atoms with Gasteiger partial charge >= 0.3 is 5.97 Å². The minimum atomic E-state index is -0.179. The molecule has 0 unspecified atom stereocenters. The van der Waals surface area contributed by atoms with Crippen LogP contribution in [0.3, 0.4) is 0 Å². The second-order valence-electron chi connectivity index (χ2n) is 8.20. The minimum absolute atomic E-state index is 0.0125. The fourth-order valence-electron chi connectivity index (χ4n) is 4.23. The van der Waals surface area contributed by atoms with E-state index in [-0.39, 0.29) is 36.2 Å². The number of hydrogen-bond acceptors (Lipinski definition) is 6. The van der Waals surface area contributed by atoms with Crippen LogP contribution in [0.25, 0.3) is 0 Å². The van der Waals surface area contributed by atoms with E-state index in [2.05, 4.69) is 9.88 Å². The maximum Gasteiger partial charge on any atom is 0.309 e. The zero-order valence-electron chi connectivity index (χ0n) is 18.3. The van der Waals surface area contributed by atoms with Gasteiger partial charge in [0.05, 0.1) is 24.1 Å². The Morgan fingerprint density at radius 2 is 1.74 bits per heavy atom. The number of nitrogens with zero attached hydrogens (tertiary/aromatic N) is 4. The molecule has 2 aliphatic rings. The third-order valence-corrected chi connectivity index (χ3v) is 6.32. The summed E-state index contributed by atoms with van der Waals surface area (Å²) in [5, 5.41) is 0.602. The third kappa shape index (κ3) is 6.09. The lowest BCUT2D eigenvalue weighted by atomic mass is 9.95. The maximum absolute atomic E-state index is 12.9. The first kappa shape index (κ1) is 23.3. The molecule has 0 aliphatic carbocycles. The van der Waals surface area contributed by atoms with Crippen LogP contribution < -0.4 is 4.90 Å². The number of pyridine rings is 1. The van der Waals surface area contributed by atoms with Crippen molar-refractivity contribution >= 4 is 35.2 Å². The summed E-state index contributed by atoms with van der Waals surface area (Å²) in [6.07, 6.45) is 4.31. The quantitative estimate of drug-likeness (QED) is 0.618. The lowest BCUT2D eigenvalue weighted by Crippen LogP contribution is -2.47. The molecule has 3 heterocycles. The Hall–Kier alpha value is -2.35. The number of piperidine rings is 2. The first-order valence-corrected chi connectivity index (χ1v) is 11.3. The molecule has 1 aromatic heterocycles. The highest BCUT2D eigenvalue weighted by molar-refractivity contribution is 6.30. The highest BCUT2D eigenvalue weighted by Crippen LogP contribution is 2.24. The highest BCUT2D eigenvalue weighted by atomic mass is 35.5. The fraction of sp³-hybridized carbons (Fsp3) is 0.636. The number of rotatable bonds is 6. The van der Waals surface area contributed by atoms with Gasteiger partial charge in [0.2, 0.25) is 11.8 Å². The first-order chi connectivity index (χ1) is 14.9. The summed E-state index contributed by atoms with van der Waals surface area (Å²) in [7, 11) is 1.69. The number of ether oxygens (including phenoxy) is 1. The molecule has 8 nitrogen and oxygen atoms in total. The predicted molar refractivity (Wildman–Crippen MR) is 118 cm³/mol. The number of esters is 1. The van der Waals surface area contributed by atoms with E-state index in [1.165, 1.54) is 0 Å². The van der Waals surface area contributed by atoms with Crippen LogP contribution >= 0.6 is 11.6 Å². The van der Waals surface area contributed by atoms with Crippen molar-refractivity contribution in [2.75, 3.05) is 51.3 Å². The average molecular weight is 451 g/mol. The van der Waals surface area contributed by atoms with Gasteiger partial charge < -0.3 is 19.4 Å². The number of amides is 2. The second kappa shape index (κ2) is 10.8. The van der Waals surface area contributed by atoms with E-state index in [1.54, 1.807) is 30.0 Å². The van der Waals surface area contributed by atoms with Gasteiger partial charge in [-0.05, 0) is 44.7 Å². The number of carbonyl (C=O) groups excluding carboxylic acids is 3. The molecule has 0 spiro atoms. The van der Waals surface area contributed by atoms with E-state index in [0.29, 0.717) is 37.6 Å². The molecule has 0 radical (unpaired) electrons. The van der Waals surface area contributed by atoms with Gasteiger partial charge in [-0.1, -0.05) is 11.6 Å². The van der Waals surface area contributed by atoms with Crippen molar-refractivity contribution in [3.05, 3.63) is 23.4 Å². The molecule has 170 valence electrons. The van der Waals surface area contributed by atoms with Crippen LogP contribution in [0.15, 0.2) is 18.3 Å². The van der Waals surface area contributed by atoms with Crippen molar-refractivity contribution in [1.29, 1.82) is 0 Å². The summed E-state index contributed by atoms with van der Waals surface area (Å²) in [6.45, 7) is 4.78. The molecule has 2 fully saturated rings. The molecule has 0 bridgehead atoms. The summed E-state index contributed by atoms with van der Waals surface area (Å²) >= 11 is 5.90. The van der Waals surface area contributed by atoms with Gasteiger partial charge in [-0.2, -0.15) is 0 Å². The van der Waals surface area contributed by atoms with Gasteiger partial charge in [0, 0.05) is 45.3 Å². The van der Waals surface area contributed by atoms with E-state index >= 15 is 0 Å². The second-order valence-corrected chi connectivity index (χ2v) is 8.63. The van der Waals surface area contributed by atoms with Gasteiger partial charge in [0.25, 0.3) is 0 Å². The smallest absolute Gasteiger partial charge is 0.309 e. The Balaban J connectivity index is 1.43. The third-order valence-electron chi connectivity index (χ3n) is 6.10. The van der Waals surface area contributed by atoms with Crippen molar-refractivity contribution in [3.63, 3.8) is 0 Å². The lowest BCUT2D eigenvalue weighted by Gasteiger charge is -2.35. The van der Waals surface area contributed by atoms with E-state index in [0.717, 1.165) is 31.7 Å². The Kier molecular flexibility index (Phi) is 8.12. The summed E-state index contributed by atoms with van der Waals surface area (Å²) in [5.74, 6) is 0.408. The molecule has 0 N–H and O–H groups in total. The van der Waals surface area contributed by atoms with Crippen molar-refractivity contribution in [2.45, 2.75) is 32.6 Å². The monoisotopic (exact) mass is 450 g/mol. The van der Waals surface area contributed by atoms with Crippen LogP contribution in [0.5, 0.6) is 0 Å². The van der Waals surface area contributed by atoms with Crippen LogP contribution in [0.1, 0.15) is 32.6 Å². The molecule has 3 rings (SSSR count). The minimum Gasteiger partial charge on any atom is -0.466 e. The maximum atomic E-state index is 12.9. The number of carbonyl (C=O) groups is 3. The van der Waals surface area contributed by atoms with Crippen LogP contribution in [0, 0.1) is 11.8 Å². The largest absolute Gasteiger partial charge is 0.466 e. The number of likely N-dealkylation sites (tertiary alicyclic amines) is 1. The molecule has 1 aromatic rings.